The van der Waals surface area contributed by atoms with Crippen LogP contribution in [-0.2, 0) is 33.3 Å². The van der Waals surface area contributed by atoms with Crippen molar-refractivity contribution in [1.82, 2.24) is 16.0 Å². The highest BCUT2D eigenvalue weighted by Crippen LogP contribution is 2.35. The van der Waals surface area contributed by atoms with E-state index in [-0.39, 0.29) is 25.9 Å². The third kappa shape index (κ3) is 16.2. The Morgan fingerprint density at radius 1 is 0.755 bits per heavy atom. The molecule has 0 heterocycles. The van der Waals surface area contributed by atoms with Gasteiger partial charge in [0.05, 0.1) is 71.3 Å². The van der Waals surface area contributed by atoms with Gasteiger partial charge in [0.1, 0.15) is 12.4 Å². The number of primary amides is 1. The van der Waals surface area contributed by atoms with Gasteiger partial charge in [-0.1, -0.05) is 61.5 Å². The first-order valence-electron chi connectivity index (χ1n) is 17.8. The summed E-state index contributed by atoms with van der Waals surface area (Å²) in [7, 11) is 0. The summed E-state index contributed by atoms with van der Waals surface area (Å²) in [4.78, 5) is 47.4. The molecule has 0 saturated carbocycles. The number of urea groups is 1. The van der Waals surface area contributed by atoms with Crippen molar-refractivity contribution >= 4 is 34.6 Å². The maximum atomic E-state index is 12.7. The third-order valence-corrected chi connectivity index (χ3v) is 7.92. The zero-order valence-corrected chi connectivity index (χ0v) is 30.3. The third-order valence-electron chi connectivity index (χ3n) is 7.92. The monoisotopic (exact) mass is 739 g/mol. The van der Waals surface area contributed by atoms with Gasteiger partial charge in [0.25, 0.3) is 0 Å². The van der Waals surface area contributed by atoms with Gasteiger partial charge >= 0.3 is 12.0 Å². The maximum absolute atomic E-state index is 12.7. The standard InChI is InChI=1S/C38H53N5O10/c1-2-16-49-17-18-50-19-20-51-21-22-52-23-24-53-34-14-13-29(30-6-3-4-7-31(30)34)27-9-11-28(12-10-27)33(25-36(45)46)43-35(44)26-42-37(47)32(39)8-5-15-41-38(40)48/h3-4,6-7,9-14,32-33H,2,5,8,15-26,39H2,1H3,(H,42,47)(H,43,44)(H,45,46)(H3,40,41,48)/t32-,33-/m0/s1. The largest absolute Gasteiger partial charge is 0.491 e. The highest BCUT2D eigenvalue weighted by Gasteiger charge is 2.20. The van der Waals surface area contributed by atoms with Crippen LogP contribution in [0.4, 0.5) is 4.79 Å². The summed E-state index contributed by atoms with van der Waals surface area (Å²) in [5, 5.41) is 19.0. The smallest absolute Gasteiger partial charge is 0.312 e. The molecule has 0 aliphatic heterocycles. The number of carboxylic acids is 1. The van der Waals surface area contributed by atoms with E-state index >= 15 is 0 Å². The molecule has 15 nitrogen and oxygen atoms in total. The summed E-state index contributed by atoms with van der Waals surface area (Å²) < 4.78 is 28.1. The van der Waals surface area contributed by atoms with Crippen molar-refractivity contribution in [2.75, 3.05) is 72.6 Å². The van der Waals surface area contributed by atoms with E-state index in [0.717, 1.165) is 40.7 Å². The second kappa shape index (κ2) is 24.4. The Morgan fingerprint density at radius 3 is 1.96 bits per heavy atom. The number of rotatable bonds is 27. The SMILES string of the molecule is CCCOCCOCCOCCOCCOc1ccc(-c2ccc([C@H](CC(=O)O)NC(=O)CNC(=O)[C@@H](N)CCCNC(N)=O)cc2)c2ccccc12. The van der Waals surface area contributed by atoms with Gasteiger partial charge in [-0.2, -0.15) is 0 Å². The number of amides is 4. The van der Waals surface area contributed by atoms with Crippen molar-refractivity contribution in [2.45, 2.75) is 44.7 Å². The first-order valence-corrected chi connectivity index (χ1v) is 17.8. The van der Waals surface area contributed by atoms with Gasteiger partial charge in [0.2, 0.25) is 11.8 Å². The van der Waals surface area contributed by atoms with Crippen molar-refractivity contribution in [1.29, 1.82) is 0 Å². The fourth-order valence-corrected chi connectivity index (χ4v) is 5.30. The number of carboxylic acid groups (broad SMARTS) is 1. The lowest BCUT2D eigenvalue weighted by atomic mass is 9.95. The molecule has 290 valence electrons. The molecule has 0 aromatic heterocycles. The minimum atomic E-state index is -1.10. The summed E-state index contributed by atoms with van der Waals surface area (Å²) in [6, 6.07) is 16.7. The molecular formula is C38H53N5O10. The Hall–Kier alpha value is -4.80. The van der Waals surface area contributed by atoms with Crippen LogP contribution in [0, 0.1) is 0 Å². The lowest BCUT2D eigenvalue weighted by molar-refractivity contribution is -0.138. The Bertz CT molecular complexity index is 1570. The van der Waals surface area contributed by atoms with Crippen LogP contribution in [0.25, 0.3) is 21.9 Å². The van der Waals surface area contributed by atoms with Crippen LogP contribution < -0.4 is 32.2 Å². The minimum absolute atomic E-state index is 0.268. The van der Waals surface area contributed by atoms with Gasteiger partial charge in [-0.3, -0.25) is 14.4 Å². The van der Waals surface area contributed by atoms with Crippen molar-refractivity contribution in [3.05, 3.63) is 66.2 Å². The lowest BCUT2D eigenvalue weighted by Crippen LogP contribution is -2.45. The average molecular weight is 740 g/mol. The number of hydrogen-bond acceptors (Lipinski definition) is 10. The number of fused-ring (bicyclic) bond motifs is 1. The molecule has 0 fully saturated rings. The highest BCUT2D eigenvalue weighted by molar-refractivity contribution is 6.00. The van der Waals surface area contributed by atoms with E-state index in [2.05, 4.69) is 22.9 Å². The number of nitrogens with one attached hydrogen (secondary N) is 3. The van der Waals surface area contributed by atoms with Crippen LogP contribution in [0.15, 0.2) is 60.7 Å². The zero-order chi connectivity index (χ0) is 38.3. The number of nitrogens with two attached hydrogens (primary N) is 2. The number of hydrogen-bond donors (Lipinski definition) is 6. The number of ether oxygens (including phenoxy) is 5. The van der Waals surface area contributed by atoms with E-state index in [0.29, 0.717) is 64.8 Å². The first kappa shape index (κ1) is 42.6. The second-order valence-corrected chi connectivity index (χ2v) is 12.1. The Morgan fingerprint density at radius 2 is 1.36 bits per heavy atom. The molecule has 15 heteroatoms. The topological polar surface area (TPSA) is 223 Å². The van der Waals surface area contributed by atoms with Crippen LogP contribution in [0.2, 0.25) is 0 Å². The van der Waals surface area contributed by atoms with E-state index in [1.807, 2.05) is 48.5 Å². The zero-order valence-electron chi connectivity index (χ0n) is 30.3. The van der Waals surface area contributed by atoms with Crippen LogP contribution in [-0.4, -0.2) is 108 Å². The van der Waals surface area contributed by atoms with Crippen molar-refractivity contribution in [3.8, 4) is 16.9 Å². The number of carbonyl (C=O) groups excluding carboxylic acids is 3. The molecule has 0 bridgehead atoms. The molecule has 8 N–H and O–H groups in total. The lowest BCUT2D eigenvalue weighted by Gasteiger charge is -2.19. The molecule has 2 atom stereocenters. The van der Waals surface area contributed by atoms with Crippen molar-refractivity contribution in [2.24, 2.45) is 11.5 Å². The molecule has 0 saturated heterocycles. The minimum Gasteiger partial charge on any atom is -0.491 e. The van der Waals surface area contributed by atoms with Gasteiger partial charge in [0, 0.05) is 18.5 Å². The van der Waals surface area contributed by atoms with Gasteiger partial charge < -0.3 is 56.2 Å². The molecule has 0 radical (unpaired) electrons. The molecule has 3 rings (SSSR count). The van der Waals surface area contributed by atoms with E-state index in [9.17, 15) is 24.3 Å². The summed E-state index contributed by atoms with van der Waals surface area (Å²) >= 11 is 0. The van der Waals surface area contributed by atoms with Crippen molar-refractivity contribution < 1.29 is 48.0 Å². The second-order valence-electron chi connectivity index (χ2n) is 12.1. The molecule has 3 aromatic carbocycles. The van der Waals surface area contributed by atoms with E-state index in [1.165, 1.54) is 0 Å². The Labute approximate surface area is 310 Å². The predicted octanol–water partition coefficient (Wildman–Crippen LogP) is 2.89. The van der Waals surface area contributed by atoms with E-state index in [1.54, 1.807) is 12.1 Å². The summed E-state index contributed by atoms with van der Waals surface area (Å²) in [6.07, 6.45) is 1.33. The Balaban J connectivity index is 1.50. The average Bonchev–Trinajstić information content (AvgIpc) is 3.15. The summed E-state index contributed by atoms with van der Waals surface area (Å²) in [5.41, 5.74) is 13.3. The molecule has 53 heavy (non-hydrogen) atoms. The van der Waals surface area contributed by atoms with Crippen LogP contribution in [0.1, 0.15) is 44.2 Å². The van der Waals surface area contributed by atoms with Gasteiger partial charge in [-0.25, -0.2) is 4.79 Å². The molecule has 0 aliphatic carbocycles. The first-order chi connectivity index (χ1) is 25.7. The maximum Gasteiger partial charge on any atom is 0.312 e. The number of carbonyl (C=O) groups is 4. The van der Waals surface area contributed by atoms with Crippen LogP contribution in [0.3, 0.4) is 0 Å². The number of aliphatic carboxylic acids is 1. The summed E-state index contributed by atoms with van der Waals surface area (Å²) in [5.74, 6) is -1.49. The fraction of sp³-hybridized carbons (Fsp3) is 0.474. The van der Waals surface area contributed by atoms with Gasteiger partial charge in [0.15, 0.2) is 0 Å². The molecule has 0 spiro atoms. The molecule has 0 unspecified atom stereocenters. The molecule has 3 aromatic rings. The quantitative estimate of drug-likeness (QED) is 0.0624. The molecule has 4 amide bonds. The Kier molecular flexibility index (Phi) is 19.7. The number of benzene rings is 3. The van der Waals surface area contributed by atoms with Gasteiger partial charge in [-0.05, 0) is 47.4 Å². The fourth-order valence-electron chi connectivity index (χ4n) is 5.30. The van der Waals surface area contributed by atoms with Crippen molar-refractivity contribution in [3.63, 3.8) is 0 Å². The molecule has 0 aliphatic rings. The van der Waals surface area contributed by atoms with E-state index < -0.39 is 35.9 Å². The van der Waals surface area contributed by atoms with Gasteiger partial charge in [-0.15, -0.1) is 0 Å². The van der Waals surface area contributed by atoms with Crippen LogP contribution >= 0.6 is 0 Å². The predicted molar refractivity (Wildman–Crippen MR) is 199 cm³/mol. The van der Waals surface area contributed by atoms with Crippen LogP contribution in [0.5, 0.6) is 5.75 Å². The summed E-state index contributed by atoms with van der Waals surface area (Å²) in [6.45, 7) is 6.52. The molecular weight excluding hydrogens is 686 g/mol. The normalized spacial score (nSPS) is 12.2. The highest BCUT2D eigenvalue weighted by atomic mass is 16.6. The van der Waals surface area contributed by atoms with E-state index in [4.69, 9.17) is 35.2 Å².